The zero-order valence-corrected chi connectivity index (χ0v) is 12.8. The highest BCUT2D eigenvalue weighted by molar-refractivity contribution is 5.75. The third-order valence-corrected chi connectivity index (χ3v) is 3.97. The number of nitrogens with one attached hydrogen (secondary N) is 1. The van der Waals surface area contributed by atoms with Gasteiger partial charge < -0.3 is 15.0 Å². The molecule has 1 fully saturated rings. The molecular formula is C15H30N2O2. The highest BCUT2D eigenvalue weighted by Gasteiger charge is 2.20. The lowest BCUT2D eigenvalue weighted by molar-refractivity contribution is -0.143. The fourth-order valence-electron chi connectivity index (χ4n) is 2.62. The SMILES string of the molecule is CCCNC(CCN1CCCC(C)CC1)C(=O)OC. The fraction of sp³-hybridized carbons (Fsp3) is 0.933. The molecule has 0 amide bonds. The van der Waals surface area contributed by atoms with E-state index >= 15 is 0 Å². The molecule has 1 aliphatic heterocycles. The van der Waals surface area contributed by atoms with E-state index in [1.54, 1.807) is 0 Å². The molecule has 4 nitrogen and oxygen atoms in total. The summed E-state index contributed by atoms with van der Waals surface area (Å²) in [7, 11) is 1.47. The lowest BCUT2D eigenvalue weighted by Gasteiger charge is -2.23. The molecule has 1 heterocycles. The number of methoxy groups -OCH3 is 1. The summed E-state index contributed by atoms with van der Waals surface area (Å²) in [5.41, 5.74) is 0. The Morgan fingerprint density at radius 2 is 2.21 bits per heavy atom. The maximum atomic E-state index is 11.7. The van der Waals surface area contributed by atoms with Crippen LogP contribution in [0.5, 0.6) is 0 Å². The normalized spacial score (nSPS) is 22.8. The summed E-state index contributed by atoms with van der Waals surface area (Å²) in [4.78, 5) is 14.2. The number of esters is 1. The van der Waals surface area contributed by atoms with Crippen molar-refractivity contribution in [1.29, 1.82) is 0 Å². The zero-order valence-electron chi connectivity index (χ0n) is 12.8. The molecule has 1 rings (SSSR count). The van der Waals surface area contributed by atoms with Crippen molar-refractivity contribution < 1.29 is 9.53 Å². The summed E-state index contributed by atoms with van der Waals surface area (Å²) in [6.07, 6.45) is 5.79. The summed E-state index contributed by atoms with van der Waals surface area (Å²) in [5, 5.41) is 3.28. The van der Waals surface area contributed by atoms with E-state index in [9.17, 15) is 4.79 Å². The fourth-order valence-corrected chi connectivity index (χ4v) is 2.62. The summed E-state index contributed by atoms with van der Waals surface area (Å²) in [6.45, 7) is 8.65. The predicted octanol–water partition coefficient (Wildman–Crippen LogP) is 2.04. The van der Waals surface area contributed by atoms with Crippen LogP contribution in [0, 0.1) is 5.92 Å². The largest absolute Gasteiger partial charge is 0.468 e. The van der Waals surface area contributed by atoms with E-state index < -0.39 is 0 Å². The second-order valence-electron chi connectivity index (χ2n) is 5.70. The standard InChI is InChI=1S/C15H30N2O2/c1-4-9-16-14(15(18)19-3)8-12-17-10-5-6-13(2)7-11-17/h13-14,16H,4-12H2,1-3H3. The van der Waals surface area contributed by atoms with E-state index in [2.05, 4.69) is 24.1 Å². The van der Waals surface area contributed by atoms with E-state index in [0.29, 0.717) is 0 Å². The zero-order chi connectivity index (χ0) is 14.1. The number of ether oxygens (including phenoxy) is 1. The molecule has 19 heavy (non-hydrogen) atoms. The molecule has 0 aromatic rings. The molecule has 0 aromatic heterocycles. The average molecular weight is 270 g/mol. The second-order valence-corrected chi connectivity index (χ2v) is 5.70. The Labute approximate surface area is 117 Å². The summed E-state index contributed by atoms with van der Waals surface area (Å²) < 4.78 is 4.87. The van der Waals surface area contributed by atoms with Gasteiger partial charge in [0, 0.05) is 6.54 Å². The van der Waals surface area contributed by atoms with Gasteiger partial charge in [-0.3, -0.25) is 4.79 Å². The highest BCUT2D eigenvalue weighted by Crippen LogP contribution is 2.16. The predicted molar refractivity (Wildman–Crippen MR) is 78.2 cm³/mol. The van der Waals surface area contributed by atoms with Crippen LogP contribution in [0.4, 0.5) is 0 Å². The second kappa shape index (κ2) is 9.32. The molecule has 0 aliphatic carbocycles. The molecule has 1 saturated heterocycles. The molecule has 0 radical (unpaired) electrons. The van der Waals surface area contributed by atoms with Crippen molar-refractivity contribution in [2.24, 2.45) is 5.92 Å². The summed E-state index contributed by atoms with van der Waals surface area (Å²) in [5.74, 6) is 0.719. The van der Waals surface area contributed by atoms with Crippen molar-refractivity contribution in [1.82, 2.24) is 10.2 Å². The number of rotatable bonds is 7. The Morgan fingerprint density at radius 3 is 2.89 bits per heavy atom. The average Bonchev–Trinajstić information content (AvgIpc) is 2.63. The maximum Gasteiger partial charge on any atom is 0.322 e. The Morgan fingerprint density at radius 1 is 1.42 bits per heavy atom. The number of hydrogen-bond acceptors (Lipinski definition) is 4. The molecule has 2 unspecified atom stereocenters. The smallest absolute Gasteiger partial charge is 0.322 e. The van der Waals surface area contributed by atoms with Crippen molar-refractivity contribution in [2.45, 2.75) is 52.0 Å². The molecule has 1 N–H and O–H groups in total. The molecule has 0 saturated carbocycles. The number of carbonyl (C=O) groups is 1. The van der Waals surface area contributed by atoms with E-state index in [0.717, 1.165) is 31.8 Å². The Balaban J connectivity index is 2.35. The van der Waals surface area contributed by atoms with Crippen LogP contribution in [0.2, 0.25) is 0 Å². The van der Waals surface area contributed by atoms with Gasteiger partial charge >= 0.3 is 5.97 Å². The Bertz CT molecular complexity index is 259. The molecule has 0 bridgehead atoms. The third kappa shape index (κ3) is 6.39. The lowest BCUT2D eigenvalue weighted by atomic mass is 10.0. The first kappa shape index (κ1) is 16.4. The first-order chi connectivity index (χ1) is 9.17. The van der Waals surface area contributed by atoms with Crippen LogP contribution in [0.25, 0.3) is 0 Å². The van der Waals surface area contributed by atoms with Crippen molar-refractivity contribution in [2.75, 3.05) is 33.3 Å². The van der Waals surface area contributed by atoms with Crippen LogP contribution in [-0.2, 0) is 9.53 Å². The van der Waals surface area contributed by atoms with E-state index in [4.69, 9.17) is 4.74 Å². The number of likely N-dealkylation sites (tertiary alicyclic amines) is 1. The molecule has 2 atom stereocenters. The van der Waals surface area contributed by atoms with Gasteiger partial charge in [-0.25, -0.2) is 0 Å². The van der Waals surface area contributed by atoms with Crippen LogP contribution < -0.4 is 5.32 Å². The van der Waals surface area contributed by atoms with Gasteiger partial charge in [0.2, 0.25) is 0 Å². The van der Waals surface area contributed by atoms with Crippen molar-refractivity contribution in [3.05, 3.63) is 0 Å². The van der Waals surface area contributed by atoms with Crippen LogP contribution in [0.1, 0.15) is 46.0 Å². The van der Waals surface area contributed by atoms with Gasteiger partial charge in [-0.05, 0) is 57.7 Å². The summed E-state index contributed by atoms with van der Waals surface area (Å²) in [6, 6.07) is -0.148. The molecular weight excluding hydrogens is 240 g/mol. The summed E-state index contributed by atoms with van der Waals surface area (Å²) >= 11 is 0. The molecule has 112 valence electrons. The van der Waals surface area contributed by atoms with Crippen LogP contribution >= 0.6 is 0 Å². The molecule has 0 aromatic carbocycles. The van der Waals surface area contributed by atoms with Gasteiger partial charge in [0.05, 0.1) is 7.11 Å². The van der Waals surface area contributed by atoms with Crippen LogP contribution in [0.3, 0.4) is 0 Å². The number of hydrogen-bond donors (Lipinski definition) is 1. The highest BCUT2D eigenvalue weighted by atomic mass is 16.5. The molecule has 1 aliphatic rings. The van der Waals surface area contributed by atoms with E-state index in [1.165, 1.54) is 39.5 Å². The van der Waals surface area contributed by atoms with Crippen molar-refractivity contribution in [3.63, 3.8) is 0 Å². The van der Waals surface area contributed by atoms with Gasteiger partial charge in [0.25, 0.3) is 0 Å². The number of nitrogens with zero attached hydrogens (tertiary/aromatic N) is 1. The van der Waals surface area contributed by atoms with Gasteiger partial charge in [-0.1, -0.05) is 13.8 Å². The monoisotopic (exact) mass is 270 g/mol. The van der Waals surface area contributed by atoms with Crippen LogP contribution in [0.15, 0.2) is 0 Å². The maximum absolute atomic E-state index is 11.7. The Kier molecular flexibility index (Phi) is 8.07. The third-order valence-electron chi connectivity index (χ3n) is 3.97. The van der Waals surface area contributed by atoms with Gasteiger partial charge in [0.1, 0.15) is 6.04 Å². The first-order valence-corrected chi connectivity index (χ1v) is 7.71. The van der Waals surface area contributed by atoms with Gasteiger partial charge in [0.15, 0.2) is 0 Å². The quantitative estimate of drug-likeness (QED) is 0.719. The lowest BCUT2D eigenvalue weighted by Crippen LogP contribution is -2.41. The Hall–Kier alpha value is -0.610. The minimum absolute atomic E-state index is 0.128. The van der Waals surface area contributed by atoms with Crippen molar-refractivity contribution >= 4 is 5.97 Å². The first-order valence-electron chi connectivity index (χ1n) is 7.71. The molecule has 0 spiro atoms. The minimum Gasteiger partial charge on any atom is -0.468 e. The van der Waals surface area contributed by atoms with Gasteiger partial charge in [-0.2, -0.15) is 0 Å². The van der Waals surface area contributed by atoms with Gasteiger partial charge in [-0.15, -0.1) is 0 Å². The minimum atomic E-state index is -0.148. The number of carbonyl (C=O) groups excluding carboxylic acids is 1. The van der Waals surface area contributed by atoms with E-state index in [1.807, 2.05) is 0 Å². The van der Waals surface area contributed by atoms with Crippen molar-refractivity contribution in [3.8, 4) is 0 Å². The van der Waals surface area contributed by atoms with E-state index in [-0.39, 0.29) is 12.0 Å². The van der Waals surface area contributed by atoms with Crippen LogP contribution in [-0.4, -0.2) is 50.2 Å². The topological polar surface area (TPSA) is 41.6 Å². The molecule has 4 heteroatoms.